The van der Waals surface area contributed by atoms with Crippen molar-refractivity contribution in [2.45, 2.75) is 32.0 Å². The van der Waals surface area contributed by atoms with Gasteiger partial charge in [0.1, 0.15) is 0 Å². The monoisotopic (exact) mass is 420 g/mol. The fourth-order valence-corrected chi connectivity index (χ4v) is 3.87. The van der Waals surface area contributed by atoms with Crippen LogP contribution in [0.4, 0.5) is 30.2 Å². The third-order valence-electron chi connectivity index (χ3n) is 5.73. The van der Waals surface area contributed by atoms with Crippen molar-refractivity contribution in [2.24, 2.45) is 11.7 Å². The molecule has 30 heavy (non-hydrogen) atoms. The molecule has 0 amide bonds. The van der Waals surface area contributed by atoms with Crippen LogP contribution in [-0.2, 0) is 13.0 Å². The van der Waals surface area contributed by atoms with Gasteiger partial charge in [0.15, 0.2) is 0 Å². The lowest BCUT2D eigenvalue weighted by Gasteiger charge is -2.34. The van der Waals surface area contributed by atoms with E-state index in [0.29, 0.717) is 19.6 Å². The van der Waals surface area contributed by atoms with Gasteiger partial charge in [-0.05, 0) is 80.9 Å². The number of hydrogen-bond donors (Lipinski definition) is 2. The summed E-state index contributed by atoms with van der Waals surface area (Å²) in [7, 11) is 4.11. The highest BCUT2D eigenvalue weighted by molar-refractivity contribution is 5.64. The first-order valence-corrected chi connectivity index (χ1v) is 10.4. The molecule has 7 heteroatoms. The van der Waals surface area contributed by atoms with Gasteiger partial charge >= 0.3 is 6.18 Å². The van der Waals surface area contributed by atoms with E-state index in [4.69, 9.17) is 5.73 Å². The normalized spacial score (nSPS) is 15.6. The standard InChI is InChI=1S/C23H31F3N4/c1-29(2)12-9-17-15-21(4-3-18(17)16-27)28-20-5-7-22(8-6-20)30-13-10-19(11-14-30)23(24,25)26/h3-8,15,19,28H,9-14,16,27H2,1-2H3. The van der Waals surface area contributed by atoms with E-state index < -0.39 is 12.1 Å². The van der Waals surface area contributed by atoms with Crippen molar-refractivity contribution in [3.63, 3.8) is 0 Å². The van der Waals surface area contributed by atoms with Crippen molar-refractivity contribution < 1.29 is 13.2 Å². The molecule has 1 saturated heterocycles. The van der Waals surface area contributed by atoms with Crippen molar-refractivity contribution in [1.29, 1.82) is 0 Å². The van der Waals surface area contributed by atoms with Crippen LogP contribution < -0.4 is 16.0 Å². The molecule has 0 spiro atoms. The SMILES string of the molecule is CN(C)CCc1cc(Nc2ccc(N3CCC(C(F)(F)F)CC3)cc2)ccc1CN. The zero-order valence-electron chi connectivity index (χ0n) is 17.7. The molecular weight excluding hydrogens is 389 g/mol. The van der Waals surface area contributed by atoms with Crippen molar-refractivity contribution in [3.8, 4) is 0 Å². The number of hydrogen-bond acceptors (Lipinski definition) is 4. The molecule has 3 N–H and O–H groups in total. The van der Waals surface area contributed by atoms with Gasteiger partial charge in [-0.15, -0.1) is 0 Å². The van der Waals surface area contributed by atoms with Crippen molar-refractivity contribution >= 4 is 17.1 Å². The first-order valence-electron chi connectivity index (χ1n) is 10.4. The number of nitrogens with one attached hydrogen (secondary N) is 1. The maximum atomic E-state index is 12.9. The Hall–Kier alpha value is -2.25. The number of nitrogens with zero attached hydrogens (tertiary/aromatic N) is 2. The number of benzene rings is 2. The predicted molar refractivity (Wildman–Crippen MR) is 117 cm³/mol. The molecule has 1 heterocycles. The van der Waals surface area contributed by atoms with Crippen molar-refractivity contribution in [3.05, 3.63) is 53.6 Å². The van der Waals surface area contributed by atoms with Gasteiger partial charge in [0.05, 0.1) is 5.92 Å². The third kappa shape index (κ3) is 5.89. The number of likely N-dealkylation sites (N-methyl/N-ethyl adjacent to an activating group) is 1. The van der Waals surface area contributed by atoms with Gasteiger partial charge in [0.2, 0.25) is 0 Å². The van der Waals surface area contributed by atoms with Crippen LogP contribution in [-0.4, -0.2) is 44.8 Å². The average Bonchev–Trinajstić information content (AvgIpc) is 2.72. The van der Waals surface area contributed by atoms with Gasteiger partial charge in [-0.25, -0.2) is 0 Å². The number of rotatable bonds is 7. The summed E-state index contributed by atoms with van der Waals surface area (Å²) < 4.78 is 38.6. The van der Waals surface area contributed by atoms with Gasteiger partial charge < -0.3 is 20.9 Å². The van der Waals surface area contributed by atoms with Crippen LogP contribution in [0.15, 0.2) is 42.5 Å². The molecule has 0 saturated carbocycles. The molecule has 0 atom stereocenters. The zero-order valence-corrected chi connectivity index (χ0v) is 17.7. The number of nitrogens with two attached hydrogens (primary N) is 1. The van der Waals surface area contributed by atoms with E-state index in [1.54, 1.807) is 0 Å². The minimum Gasteiger partial charge on any atom is -0.372 e. The van der Waals surface area contributed by atoms with E-state index in [0.717, 1.165) is 35.6 Å². The molecule has 0 aromatic heterocycles. The Morgan fingerprint density at radius 2 is 1.63 bits per heavy atom. The van der Waals surface area contributed by atoms with E-state index in [2.05, 4.69) is 36.4 Å². The molecule has 1 aliphatic rings. The van der Waals surface area contributed by atoms with Gasteiger partial charge in [0, 0.05) is 43.2 Å². The molecule has 2 aromatic carbocycles. The molecule has 1 aliphatic heterocycles. The fourth-order valence-electron chi connectivity index (χ4n) is 3.87. The Labute approximate surface area is 176 Å². The summed E-state index contributed by atoms with van der Waals surface area (Å²) in [5, 5.41) is 3.42. The van der Waals surface area contributed by atoms with E-state index in [9.17, 15) is 13.2 Å². The second kappa shape index (κ2) is 9.71. The first kappa shape index (κ1) is 22.4. The summed E-state index contributed by atoms with van der Waals surface area (Å²) in [5.41, 5.74) is 11.2. The van der Waals surface area contributed by atoms with E-state index in [-0.39, 0.29) is 12.8 Å². The highest BCUT2D eigenvalue weighted by Gasteiger charge is 2.41. The summed E-state index contributed by atoms with van der Waals surface area (Å²) >= 11 is 0. The van der Waals surface area contributed by atoms with Crippen molar-refractivity contribution in [1.82, 2.24) is 4.90 Å². The molecule has 0 radical (unpaired) electrons. The summed E-state index contributed by atoms with van der Waals surface area (Å²) in [5.74, 6) is -1.17. The van der Waals surface area contributed by atoms with Crippen LogP contribution in [0.25, 0.3) is 0 Å². The Kier molecular flexibility index (Phi) is 7.26. The van der Waals surface area contributed by atoms with Crippen LogP contribution in [0.3, 0.4) is 0 Å². The fraction of sp³-hybridized carbons (Fsp3) is 0.478. The first-order chi connectivity index (χ1) is 14.3. The summed E-state index contributed by atoms with van der Waals surface area (Å²) in [6.45, 7) is 2.35. The Balaban J connectivity index is 1.63. The molecule has 4 nitrogen and oxygen atoms in total. The number of alkyl halides is 3. The van der Waals surface area contributed by atoms with E-state index in [1.165, 1.54) is 5.56 Å². The van der Waals surface area contributed by atoms with Crippen LogP contribution in [0, 0.1) is 5.92 Å². The topological polar surface area (TPSA) is 44.5 Å². The van der Waals surface area contributed by atoms with Gasteiger partial charge in [-0.3, -0.25) is 0 Å². The number of piperidine rings is 1. The molecular formula is C23H31F3N4. The molecule has 0 unspecified atom stereocenters. The smallest absolute Gasteiger partial charge is 0.372 e. The Bertz CT molecular complexity index is 810. The van der Waals surface area contributed by atoms with E-state index >= 15 is 0 Å². The second-order valence-corrected chi connectivity index (χ2v) is 8.22. The zero-order chi connectivity index (χ0) is 21.7. The van der Waals surface area contributed by atoms with Crippen molar-refractivity contribution in [2.75, 3.05) is 43.9 Å². The molecule has 164 valence electrons. The Morgan fingerprint density at radius 1 is 1.00 bits per heavy atom. The molecule has 3 rings (SSSR count). The van der Waals surface area contributed by atoms with Crippen LogP contribution in [0.1, 0.15) is 24.0 Å². The quantitative estimate of drug-likeness (QED) is 0.677. The number of anilines is 3. The molecule has 0 bridgehead atoms. The molecule has 1 fully saturated rings. The summed E-state index contributed by atoms with van der Waals surface area (Å²) in [6, 6.07) is 14.1. The maximum Gasteiger partial charge on any atom is 0.391 e. The highest BCUT2D eigenvalue weighted by atomic mass is 19.4. The largest absolute Gasteiger partial charge is 0.391 e. The minimum absolute atomic E-state index is 0.159. The highest BCUT2D eigenvalue weighted by Crippen LogP contribution is 2.35. The maximum absolute atomic E-state index is 12.9. The third-order valence-corrected chi connectivity index (χ3v) is 5.73. The lowest BCUT2D eigenvalue weighted by atomic mass is 9.96. The van der Waals surface area contributed by atoms with Crippen LogP contribution in [0.5, 0.6) is 0 Å². The average molecular weight is 421 g/mol. The lowest BCUT2D eigenvalue weighted by Crippen LogP contribution is -2.38. The van der Waals surface area contributed by atoms with Crippen LogP contribution >= 0.6 is 0 Å². The van der Waals surface area contributed by atoms with Gasteiger partial charge in [0.25, 0.3) is 0 Å². The van der Waals surface area contributed by atoms with Gasteiger partial charge in [-0.2, -0.15) is 13.2 Å². The lowest BCUT2D eigenvalue weighted by molar-refractivity contribution is -0.179. The second-order valence-electron chi connectivity index (χ2n) is 8.22. The van der Waals surface area contributed by atoms with Crippen LogP contribution in [0.2, 0.25) is 0 Å². The predicted octanol–water partition coefficient (Wildman–Crippen LogP) is 4.77. The molecule has 0 aliphatic carbocycles. The Morgan fingerprint density at radius 3 is 2.20 bits per heavy atom. The van der Waals surface area contributed by atoms with Gasteiger partial charge in [-0.1, -0.05) is 6.07 Å². The van der Waals surface area contributed by atoms with E-state index in [1.807, 2.05) is 35.2 Å². The summed E-state index contributed by atoms with van der Waals surface area (Å²) in [4.78, 5) is 4.18. The number of halogens is 3. The minimum atomic E-state index is -4.08. The molecule has 2 aromatic rings. The summed E-state index contributed by atoms with van der Waals surface area (Å²) in [6.07, 6.45) is -2.83.